The van der Waals surface area contributed by atoms with Crippen LogP contribution in [0.25, 0.3) is 6.08 Å². The van der Waals surface area contributed by atoms with Crippen LogP contribution in [0.1, 0.15) is 77.4 Å². The SMILES string of the molecule is CO[C@H]1CC(=O)O[C@H](/C(C)=C/c2csc(C)n2)C[C@H]2[C@@H](CCC[C@H](C)[C@H](O)[C@@H](C)C(=O)C1(C)C)N2C. The van der Waals surface area contributed by atoms with Gasteiger partial charge in [-0.1, -0.05) is 34.1 Å². The topological polar surface area (TPSA) is 88.7 Å². The summed E-state index contributed by atoms with van der Waals surface area (Å²) in [6.07, 6.45) is 3.80. The molecule has 8 atom stereocenters. The Morgan fingerprint density at radius 1 is 1.28 bits per heavy atom. The highest BCUT2D eigenvalue weighted by atomic mass is 32.1. The molecule has 2 aliphatic rings. The van der Waals surface area contributed by atoms with Gasteiger partial charge in [-0.05, 0) is 51.3 Å². The second kappa shape index (κ2) is 11.8. The Hall–Kier alpha value is -1.61. The highest BCUT2D eigenvalue weighted by Gasteiger charge is 2.47. The molecule has 1 N–H and O–H groups in total. The van der Waals surface area contributed by atoms with E-state index in [1.54, 1.807) is 32.1 Å². The number of thiazole rings is 1. The molecule has 8 heteroatoms. The number of methoxy groups -OCH3 is 1. The van der Waals surface area contributed by atoms with E-state index in [1.165, 1.54) is 7.11 Å². The Morgan fingerprint density at radius 2 is 1.97 bits per heavy atom. The fraction of sp³-hybridized carbons (Fsp3) is 0.750. The first kappa shape index (κ1) is 29.0. The highest BCUT2D eigenvalue weighted by molar-refractivity contribution is 7.09. The second-order valence-corrected chi connectivity index (χ2v) is 12.5. The van der Waals surface area contributed by atoms with Crippen molar-refractivity contribution in [2.75, 3.05) is 14.2 Å². The Kier molecular flexibility index (Phi) is 9.52. The molecule has 3 heterocycles. The average molecular weight is 521 g/mol. The molecule has 0 aromatic carbocycles. The third-order valence-electron chi connectivity index (χ3n) is 8.39. The standard InChI is InChI=1S/C28H44N2O5S/c1-16-10-9-11-21-22(30(21)7)13-23(17(2)12-20-15-36-19(4)29-20)35-25(31)14-24(34-8)28(5,6)27(33)18(3)26(16)32/h12,15-16,18,21-24,26,32H,9-11,13-14H2,1-8H3/b17-12+/t16-,18+,21+,22-,23-,24-,26-,30?/m0/s1. The zero-order chi connectivity index (χ0) is 26.8. The smallest absolute Gasteiger partial charge is 0.309 e. The van der Waals surface area contributed by atoms with Crippen molar-refractivity contribution in [2.45, 2.75) is 104 Å². The average Bonchev–Trinajstić information content (AvgIpc) is 3.22. The Bertz CT molecular complexity index is 957. The monoisotopic (exact) mass is 520 g/mol. The lowest BCUT2D eigenvalue weighted by Gasteiger charge is -2.36. The van der Waals surface area contributed by atoms with Crippen molar-refractivity contribution in [3.8, 4) is 0 Å². The van der Waals surface area contributed by atoms with Gasteiger partial charge in [0.2, 0.25) is 0 Å². The molecule has 0 saturated carbocycles. The minimum atomic E-state index is -0.953. The number of carbonyl (C=O) groups excluding carboxylic acids is 2. The summed E-state index contributed by atoms with van der Waals surface area (Å²) in [4.78, 5) is 33.5. The maximum absolute atomic E-state index is 13.5. The van der Waals surface area contributed by atoms with E-state index < -0.39 is 23.5 Å². The molecule has 0 spiro atoms. The zero-order valence-corrected chi connectivity index (χ0v) is 23.9. The summed E-state index contributed by atoms with van der Waals surface area (Å²) in [6.45, 7) is 11.4. The molecule has 7 nitrogen and oxygen atoms in total. The first-order valence-corrected chi connectivity index (χ1v) is 14.0. The third-order valence-corrected chi connectivity index (χ3v) is 9.19. The van der Waals surface area contributed by atoms with Crippen molar-refractivity contribution < 1.29 is 24.2 Å². The number of hydrogen-bond acceptors (Lipinski definition) is 8. The molecular formula is C28H44N2O5S. The molecule has 3 rings (SSSR count). The van der Waals surface area contributed by atoms with Gasteiger partial charge in [0.25, 0.3) is 0 Å². The molecule has 36 heavy (non-hydrogen) atoms. The van der Waals surface area contributed by atoms with Crippen molar-refractivity contribution in [1.82, 2.24) is 9.88 Å². The van der Waals surface area contributed by atoms with Gasteiger partial charge in [0.1, 0.15) is 11.9 Å². The summed E-state index contributed by atoms with van der Waals surface area (Å²) in [7, 11) is 3.64. The van der Waals surface area contributed by atoms with E-state index in [2.05, 4.69) is 16.9 Å². The molecule has 2 saturated heterocycles. The maximum Gasteiger partial charge on any atom is 0.309 e. The predicted molar refractivity (Wildman–Crippen MR) is 143 cm³/mol. The minimum Gasteiger partial charge on any atom is -0.458 e. The molecule has 2 fully saturated rings. The van der Waals surface area contributed by atoms with E-state index in [4.69, 9.17) is 9.47 Å². The van der Waals surface area contributed by atoms with Gasteiger partial charge in [0, 0.05) is 36.9 Å². The summed E-state index contributed by atoms with van der Waals surface area (Å²) in [5, 5.41) is 13.9. The van der Waals surface area contributed by atoms with Gasteiger partial charge in [-0.25, -0.2) is 4.98 Å². The summed E-state index contributed by atoms with van der Waals surface area (Å²) in [5.74, 6) is -1.02. The Morgan fingerprint density at radius 3 is 2.58 bits per heavy atom. The molecule has 2 aliphatic heterocycles. The molecular weight excluding hydrogens is 476 g/mol. The number of Topliss-reactive ketones (excluding diaryl/α,β-unsaturated/α-hetero) is 1. The van der Waals surface area contributed by atoms with Crippen molar-refractivity contribution in [3.63, 3.8) is 0 Å². The van der Waals surface area contributed by atoms with Crippen molar-refractivity contribution in [1.29, 1.82) is 0 Å². The van der Waals surface area contributed by atoms with Crippen LogP contribution in [0.15, 0.2) is 11.0 Å². The number of ketones is 1. The first-order chi connectivity index (χ1) is 16.9. The minimum absolute atomic E-state index is 0.0145. The second-order valence-electron chi connectivity index (χ2n) is 11.4. The molecule has 0 radical (unpaired) electrons. The number of fused-ring (bicyclic) bond motifs is 1. The van der Waals surface area contributed by atoms with E-state index in [9.17, 15) is 14.7 Å². The quantitative estimate of drug-likeness (QED) is 0.458. The summed E-state index contributed by atoms with van der Waals surface area (Å²) in [5.41, 5.74) is 0.885. The van der Waals surface area contributed by atoms with Crippen LogP contribution in [0, 0.1) is 24.2 Å². The van der Waals surface area contributed by atoms with Crippen molar-refractivity contribution in [2.24, 2.45) is 17.3 Å². The molecule has 0 aliphatic carbocycles. The number of rotatable bonds is 3. The van der Waals surface area contributed by atoms with Crippen LogP contribution in [0.5, 0.6) is 0 Å². The molecule has 0 amide bonds. The van der Waals surface area contributed by atoms with Gasteiger partial charge in [0.05, 0.1) is 34.7 Å². The van der Waals surface area contributed by atoms with Gasteiger partial charge < -0.3 is 14.6 Å². The van der Waals surface area contributed by atoms with Gasteiger partial charge in [-0.3, -0.25) is 14.5 Å². The predicted octanol–water partition coefficient (Wildman–Crippen LogP) is 4.66. The largest absolute Gasteiger partial charge is 0.458 e. The number of nitrogens with zero attached hydrogens (tertiary/aromatic N) is 2. The fourth-order valence-corrected chi connectivity index (χ4v) is 6.29. The highest BCUT2D eigenvalue weighted by Crippen LogP contribution is 2.38. The lowest BCUT2D eigenvalue weighted by molar-refractivity contribution is -0.156. The number of aryl methyl sites for hydroxylation is 1. The van der Waals surface area contributed by atoms with E-state index in [-0.39, 0.29) is 30.2 Å². The van der Waals surface area contributed by atoms with E-state index in [0.717, 1.165) is 35.5 Å². The third kappa shape index (κ3) is 6.63. The number of ether oxygens (including phenoxy) is 2. The van der Waals surface area contributed by atoms with Crippen LogP contribution in [-0.4, -0.2) is 71.3 Å². The van der Waals surface area contributed by atoms with Crippen LogP contribution in [-0.2, 0) is 19.1 Å². The van der Waals surface area contributed by atoms with Gasteiger partial charge in [-0.15, -0.1) is 11.3 Å². The fourth-order valence-electron chi connectivity index (χ4n) is 5.72. The van der Waals surface area contributed by atoms with Gasteiger partial charge in [-0.2, -0.15) is 0 Å². The number of aliphatic hydroxyl groups is 1. The summed E-state index contributed by atoms with van der Waals surface area (Å²) in [6, 6.07) is 0.772. The molecule has 1 unspecified atom stereocenters. The van der Waals surface area contributed by atoms with Crippen molar-refractivity contribution >= 4 is 29.2 Å². The molecule has 1 aromatic heterocycles. The van der Waals surface area contributed by atoms with Gasteiger partial charge in [0.15, 0.2) is 0 Å². The molecule has 0 bridgehead atoms. The maximum atomic E-state index is 13.5. The van der Waals surface area contributed by atoms with Crippen LogP contribution in [0.3, 0.4) is 0 Å². The number of esters is 1. The number of likely N-dealkylation sites (N-methyl/N-ethyl adjacent to an activating group) is 1. The van der Waals surface area contributed by atoms with Crippen LogP contribution >= 0.6 is 11.3 Å². The van der Waals surface area contributed by atoms with Crippen LogP contribution < -0.4 is 0 Å². The normalized spacial score (nSPS) is 36.8. The number of carbonyl (C=O) groups is 2. The number of cyclic esters (lactones) is 1. The lowest BCUT2D eigenvalue weighted by Crippen LogP contribution is -2.46. The molecule has 202 valence electrons. The number of aliphatic hydroxyl groups excluding tert-OH is 1. The summed E-state index contributed by atoms with van der Waals surface area (Å²) >= 11 is 1.60. The molecule has 1 aromatic rings. The van der Waals surface area contributed by atoms with E-state index in [0.29, 0.717) is 18.5 Å². The van der Waals surface area contributed by atoms with E-state index in [1.807, 2.05) is 32.2 Å². The zero-order valence-electron chi connectivity index (χ0n) is 23.1. The van der Waals surface area contributed by atoms with E-state index >= 15 is 0 Å². The summed E-state index contributed by atoms with van der Waals surface area (Å²) < 4.78 is 11.7. The lowest BCUT2D eigenvalue weighted by atomic mass is 9.73. The van der Waals surface area contributed by atoms with Crippen molar-refractivity contribution in [3.05, 3.63) is 21.7 Å². The van der Waals surface area contributed by atoms with Gasteiger partial charge >= 0.3 is 5.97 Å². The van der Waals surface area contributed by atoms with Crippen LogP contribution in [0.4, 0.5) is 0 Å². The number of hydrogen-bond donors (Lipinski definition) is 1. The number of aromatic nitrogens is 1. The Labute approximate surface area is 220 Å². The van der Waals surface area contributed by atoms with Crippen LogP contribution in [0.2, 0.25) is 0 Å². The Balaban J connectivity index is 1.88. The first-order valence-electron chi connectivity index (χ1n) is 13.1.